The molecule has 0 unspecified atom stereocenters. The van der Waals surface area contributed by atoms with Crippen LogP contribution >= 0.6 is 0 Å². The normalized spacial score (nSPS) is 15.3. The third kappa shape index (κ3) is 6.56. The number of hydrogen-bond acceptors (Lipinski definition) is 7. The van der Waals surface area contributed by atoms with Gasteiger partial charge in [-0.2, -0.15) is 13.2 Å². The van der Waals surface area contributed by atoms with Crippen molar-refractivity contribution in [1.82, 2.24) is 19.9 Å². The molecule has 12 heteroatoms. The van der Waals surface area contributed by atoms with Crippen LogP contribution in [0.1, 0.15) is 49.8 Å². The maximum Gasteiger partial charge on any atom is 0.390 e. The Hall–Kier alpha value is -3.02. The summed E-state index contributed by atoms with van der Waals surface area (Å²) in [5.41, 5.74) is 4.01. The highest BCUT2D eigenvalue weighted by Crippen LogP contribution is 2.28. The largest absolute Gasteiger partial charge is 0.390 e. The topological polar surface area (TPSA) is 110 Å². The van der Waals surface area contributed by atoms with Crippen molar-refractivity contribution in [2.24, 2.45) is 0 Å². The minimum Gasteiger partial charge on any atom is -0.351 e. The van der Waals surface area contributed by atoms with Crippen molar-refractivity contribution in [3.05, 3.63) is 35.7 Å². The Morgan fingerprint density at radius 2 is 1.80 bits per heavy atom. The Bertz CT molecular complexity index is 1320. The lowest BCUT2D eigenvalue weighted by atomic mass is 9.96. The number of alkyl halides is 3. The van der Waals surface area contributed by atoms with Crippen molar-refractivity contribution in [2.45, 2.75) is 64.6 Å². The molecule has 1 aliphatic carbocycles. The summed E-state index contributed by atoms with van der Waals surface area (Å²) >= 11 is 0. The summed E-state index contributed by atoms with van der Waals surface area (Å²) in [6.07, 6.45) is 1.58. The molecule has 0 aliphatic heterocycles. The highest BCUT2D eigenvalue weighted by molar-refractivity contribution is 7.92. The molecule has 35 heavy (non-hydrogen) atoms. The van der Waals surface area contributed by atoms with Gasteiger partial charge >= 0.3 is 6.18 Å². The average Bonchev–Trinajstić information content (AvgIpc) is 2.78. The standard InChI is InChI=1S/C23H27F3N6O2S/c1-14-12-18(30-19-13-27-22(31-21(14)19)29-16-6-4-3-5-7-16)17-8-9-20(28-15(17)2)32-35(33,34)11-10-23(24,25)26/h8-9,12-13,16H,3-7,10-11H2,1-2H3,(H,28,32)(H,27,29,31). The maximum atomic E-state index is 12.4. The molecule has 188 valence electrons. The van der Waals surface area contributed by atoms with Gasteiger partial charge in [-0.3, -0.25) is 4.72 Å². The fourth-order valence-corrected chi connectivity index (χ4v) is 5.20. The molecule has 0 spiro atoms. The maximum absolute atomic E-state index is 12.4. The molecule has 1 saturated carbocycles. The van der Waals surface area contributed by atoms with Gasteiger partial charge in [-0.15, -0.1) is 0 Å². The van der Waals surface area contributed by atoms with Gasteiger partial charge in [0.25, 0.3) is 0 Å². The number of aromatic nitrogens is 4. The molecule has 0 atom stereocenters. The van der Waals surface area contributed by atoms with Crippen molar-refractivity contribution >= 4 is 32.8 Å². The van der Waals surface area contributed by atoms with E-state index < -0.39 is 28.4 Å². The Morgan fingerprint density at radius 1 is 1.06 bits per heavy atom. The van der Waals surface area contributed by atoms with Crippen LogP contribution in [0.4, 0.5) is 24.9 Å². The molecule has 3 heterocycles. The molecule has 1 fully saturated rings. The lowest BCUT2D eigenvalue weighted by Gasteiger charge is -2.22. The lowest BCUT2D eigenvalue weighted by molar-refractivity contribution is -0.129. The van der Waals surface area contributed by atoms with E-state index in [0.29, 0.717) is 34.5 Å². The van der Waals surface area contributed by atoms with Gasteiger partial charge in [-0.1, -0.05) is 19.3 Å². The van der Waals surface area contributed by atoms with Gasteiger partial charge in [0.1, 0.15) is 11.3 Å². The van der Waals surface area contributed by atoms with E-state index in [1.165, 1.54) is 25.3 Å². The fourth-order valence-electron chi connectivity index (χ4n) is 4.17. The number of fused-ring (bicyclic) bond motifs is 1. The van der Waals surface area contributed by atoms with Crippen molar-refractivity contribution in [1.29, 1.82) is 0 Å². The molecular weight excluding hydrogens is 481 g/mol. The second-order valence-corrected chi connectivity index (χ2v) is 10.7. The van der Waals surface area contributed by atoms with Crippen LogP contribution in [0.2, 0.25) is 0 Å². The molecule has 4 rings (SSSR count). The van der Waals surface area contributed by atoms with E-state index in [-0.39, 0.29) is 5.82 Å². The van der Waals surface area contributed by atoms with Crippen LogP contribution in [-0.2, 0) is 10.0 Å². The predicted octanol–water partition coefficient (Wildman–Crippen LogP) is 5.14. The monoisotopic (exact) mass is 508 g/mol. The first kappa shape index (κ1) is 25.1. The Labute approximate surface area is 201 Å². The first-order valence-electron chi connectivity index (χ1n) is 11.5. The smallest absolute Gasteiger partial charge is 0.351 e. The Morgan fingerprint density at radius 3 is 2.49 bits per heavy atom. The number of sulfonamides is 1. The minimum absolute atomic E-state index is 0.0484. The second kappa shape index (κ2) is 9.92. The number of anilines is 2. The van der Waals surface area contributed by atoms with Gasteiger partial charge in [-0.25, -0.2) is 28.4 Å². The zero-order valence-corrected chi connectivity index (χ0v) is 20.3. The van der Waals surface area contributed by atoms with Crippen LogP contribution < -0.4 is 10.0 Å². The van der Waals surface area contributed by atoms with E-state index >= 15 is 0 Å². The van der Waals surface area contributed by atoms with Crippen LogP contribution in [0.15, 0.2) is 24.4 Å². The van der Waals surface area contributed by atoms with E-state index in [1.54, 1.807) is 19.2 Å². The van der Waals surface area contributed by atoms with E-state index in [4.69, 9.17) is 0 Å². The first-order valence-corrected chi connectivity index (χ1v) is 13.1. The second-order valence-electron chi connectivity index (χ2n) is 8.85. The fraction of sp³-hybridized carbons (Fsp3) is 0.478. The van der Waals surface area contributed by atoms with E-state index in [0.717, 1.165) is 23.9 Å². The van der Waals surface area contributed by atoms with Crippen LogP contribution in [0.3, 0.4) is 0 Å². The zero-order chi connectivity index (χ0) is 25.2. The zero-order valence-electron chi connectivity index (χ0n) is 19.5. The SMILES string of the molecule is Cc1nc(NS(=O)(=O)CCC(F)(F)F)ccc1-c1cc(C)c2nc(NC3CCCCC3)ncc2n1. The molecule has 0 saturated heterocycles. The van der Waals surface area contributed by atoms with E-state index in [1.807, 2.05) is 13.0 Å². The highest BCUT2D eigenvalue weighted by atomic mass is 32.2. The molecule has 3 aromatic heterocycles. The van der Waals surface area contributed by atoms with Gasteiger partial charge < -0.3 is 5.32 Å². The average molecular weight is 509 g/mol. The molecular formula is C23H27F3N6O2S. The summed E-state index contributed by atoms with van der Waals surface area (Å²) in [5.74, 6) is -0.531. The number of pyridine rings is 2. The number of nitrogens with one attached hydrogen (secondary N) is 2. The summed E-state index contributed by atoms with van der Waals surface area (Å²) < 4.78 is 63.2. The van der Waals surface area contributed by atoms with Crippen molar-refractivity contribution in [3.8, 4) is 11.3 Å². The molecule has 2 N–H and O–H groups in total. The van der Waals surface area contributed by atoms with Gasteiger partial charge in [0.05, 0.1) is 29.6 Å². The summed E-state index contributed by atoms with van der Waals surface area (Å²) in [7, 11) is -4.18. The minimum atomic E-state index is -4.56. The Balaban J connectivity index is 1.54. The van der Waals surface area contributed by atoms with Crippen LogP contribution in [0.5, 0.6) is 0 Å². The summed E-state index contributed by atoms with van der Waals surface area (Å²) in [5, 5.41) is 3.42. The Kier molecular flexibility index (Phi) is 7.11. The summed E-state index contributed by atoms with van der Waals surface area (Å²) in [6.45, 7) is 3.61. The van der Waals surface area contributed by atoms with Gasteiger partial charge in [-0.05, 0) is 50.5 Å². The van der Waals surface area contributed by atoms with E-state index in [9.17, 15) is 21.6 Å². The third-order valence-electron chi connectivity index (χ3n) is 5.95. The summed E-state index contributed by atoms with van der Waals surface area (Å²) in [4.78, 5) is 18.0. The molecule has 0 aromatic carbocycles. The van der Waals surface area contributed by atoms with Gasteiger partial charge in [0, 0.05) is 17.3 Å². The molecule has 3 aromatic rings. The van der Waals surface area contributed by atoms with Crippen molar-refractivity contribution < 1.29 is 21.6 Å². The first-order chi connectivity index (χ1) is 16.5. The highest BCUT2D eigenvalue weighted by Gasteiger charge is 2.30. The molecule has 1 aliphatic rings. The molecule has 0 amide bonds. The molecule has 8 nitrogen and oxygen atoms in total. The molecule has 0 radical (unpaired) electrons. The van der Waals surface area contributed by atoms with Crippen LogP contribution in [-0.4, -0.2) is 46.3 Å². The third-order valence-corrected chi connectivity index (χ3v) is 7.21. The number of aryl methyl sites for hydroxylation is 2. The van der Waals surface area contributed by atoms with Crippen LogP contribution in [0.25, 0.3) is 22.3 Å². The molecule has 0 bridgehead atoms. The van der Waals surface area contributed by atoms with Gasteiger partial charge in [0.15, 0.2) is 0 Å². The van der Waals surface area contributed by atoms with Crippen molar-refractivity contribution in [2.75, 3.05) is 15.8 Å². The quantitative estimate of drug-likeness (QED) is 0.455. The van der Waals surface area contributed by atoms with Crippen molar-refractivity contribution in [3.63, 3.8) is 0 Å². The number of halogens is 3. The number of hydrogen-bond donors (Lipinski definition) is 2. The van der Waals surface area contributed by atoms with E-state index in [2.05, 4.69) is 30.0 Å². The predicted molar refractivity (Wildman–Crippen MR) is 129 cm³/mol. The summed E-state index contributed by atoms with van der Waals surface area (Å²) in [6, 6.07) is 5.29. The van der Waals surface area contributed by atoms with Crippen LogP contribution in [0, 0.1) is 13.8 Å². The lowest BCUT2D eigenvalue weighted by Crippen LogP contribution is -2.23. The van der Waals surface area contributed by atoms with Gasteiger partial charge in [0.2, 0.25) is 16.0 Å². The number of nitrogens with zero attached hydrogens (tertiary/aromatic N) is 4. The number of rotatable bonds is 7.